The van der Waals surface area contributed by atoms with Gasteiger partial charge >= 0.3 is 0 Å². The van der Waals surface area contributed by atoms with E-state index in [1.165, 1.54) is 27.4 Å². The van der Waals surface area contributed by atoms with Crippen LogP contribution in [0.5, 0.6) is 11.5 Å². The van der Waals surface area contributed by atoms with Gasteiger partial charge in [0.25, 0.3) is 0 Å². The molecule has 0 fully saturated rings. The van der Waals surface area contributed by atoms with Gasteiger partial charge in [-0.25, -0.2) is 0 Å². The number of aromatic nitrogens is 1. The zero-order valence-corrected chi connectivity index (χ0v) is 21.2. The van der Waals surface area contributed by atoms with Crippen LogP contribution in [0.15, 0.2) is 146 Å². The van der Waals surface area contributed by atoms with Crippen LogP contribution in [0, 0.1) is 0 Å². The van der Waals surface area contributed by atoms with Crippen LogP contribution >= 0.6 is 0 Å². The Morgan fingerprint density at radius 2 is 1.13 bits per heavy atom. The second-order valence-electron chi connectivity index (χ2n) is 9.85. The first-order valence-corrected chi connectivity index (χ1v) is 13.2. The molecule has 0 saturated heterocycles. The van der Waals surface area contributed by atoms with Gasteiger partial charge in [-0.3, -0.25) is 0 Å². The van der Waals surface area contributed by atoms with Crippen molar-refractivity contribution < 1.29 is 4.74 Å². The van der Waals surface area contributed by atoms with E-state index in [4.69, 9.17) is 4.74 Å². The molecule has 3 nitrogen and oxygen atoms in total. The largest absolute Gasteiger partial charge is 0.453 e. The maximum atomic E-state index is 6.32. The maximum absolute atomic E-state index is 6.32. The highest BCUT2D eigenvalue weighted by molar-refractivity contribution is 6.13. The van der Waals surface area contributed by atoms with E-state index in [2.05, 4.69) is 143 Å². The average Bonchev–Trinajstić information content (AvgIpc) is 3.34. The van der Waals surface area contributed by atoms with Crippen molar-refractivity contribution in [1.29, 1.82) is 0 Å². The zero-order valence-electron chi connectivity index (χ0n) is 21.2. The van der Waals surface area contributed by atoms with E-state index in [1.54, 1.807) is 0 Å². The molecule has 0 atom stereocenters. The van der Waals surface area contributed by atoms with Crippen molar-refractivity contribution in [2.45, 2.75) is 0 Å². The second-order valence-corrected chi connectivity index (χ2v) is 9.85. The van der Waals surface area contributed by atoms with Gasteiger partial charge in [-0.1, -0.05) is 84.9 Å². The lowest BCUT2D eigenvalue weighted by Gasteiger charge is -2.26. The molecule has 0 unspecified atom stereocenters. The number of hydrogen-bond donors (Lipinski definition) is 0. The normalized spacial score (nSPS) is 11.8. The monoisotopic (exact) mass is 500 g/mol. The number of hydrogen-bond acceptors (Lipinski definition) is 2. The Bertz CT molecular complexity index is 1990. The Hall–Kier alpha value is -5.28. The van der Waals surface area contributed by atoms with Crippen LogP contribution in [0.2, 0.25) is 0 Å². The molecule has 3 heteroatoms. The number of ether oxygens (including phenoxy) is 1. The highest BCUT2D eigenvalue weighted by atomic mass is 16.5. The fraction of sp³-hybridized carbons (Fsp3) is 0. The minimum absolute atomic E-state index is 0.878. The van der Waals surface area contributed by atoms with Crippen molar-refractivity contribution in [1.82, 2.24) is 4.57 Å². The minimum atomic E-state index is 0.878. The van der Waals surface area contributed by atoms with Gasteiger partial charge < -0.3 is 14.2 Å². The van der Waals surface area contributed by atoms with E-state index < -0.39 is 0 Å². The number of fused-ring (bicyclic) bond motifs is 5. The van der Waals surface area contributed by atoms with Gasteiger partial charge in [0.1, 0.15) is 0 Å². The molecule has 8 rings (SSSR count). The van der Waals surface area contributed by atoms with E-state index in [9.17, 15) is 0 Å². The van der Waals surface area contributed by atoms with E-state index in [-0.39, 0.29) is 0 Å². The number of para-hydroxylation sites is 4. The van der Waals surface area contributed by atoms with E-state index in [0.29, 0.717) is 0 Å². The molecule has 184 valence electrons. The molecule has 0 N–H and O–H groups in total. The molecule has 0 amide bonds. The molecule has 1 aromatic heterocycles. The molecule has 0 aliphatic carbocycles. The quantitative estimate of drug-likeness (QED) is 0.239. The molecule has 1 aliphatic heterocycles. The standard InChI is InChI=1S/C36H24N2O/c1-3-11-25(12-4-1)26-13-9-16-28(23-26)37(27-14-5-2-6-15-27)29-21-22-32-31(24-29)30-17-10-20-35-36(30)38(32)33-18-7-8-19-34(33)39-35/h1-24H. The Kier molecular flexibility index (Phi) is 4.82. The summed E-state index contributed by atoms with van der Waals surface area (Å²) in [6.07, 6.45) is 0. The van der Waals surface area contributed by atoms with Crippen molar-refractivity contribution in [3.63, 3.8) is 0 Å². The molecule has 7 aromatic rings. The van der Waals surface area contributed by atoms with Crippen molar-refractivity contribution >= 4 is 38.9 Å². The Morgan fingerprint density at radius 3 is 2.00 bits per heavy atom. The predicted molar refractivity (Wildman–Crippen MR) is 161 cm³/mol. The van der Waals surface area contributed by atoms with E-state index >= 15 is 0 Å². The highest BCUT2D eigenvalue weighted by Gasteiger charge is 2.24. The molecule has 6 aromatic carbocycles. The van der Waals surface area contributed by atoms with E-state index in [0.717, 1.165) is 39.8 Å². The van der Waals surface area contributed by atoms with Gasteiger partial charge in [0.05, 0.1) is 16.7 Å². The maximum Gasteiger partial charge on any atom is 0.152 e. The summed E-state index contributed by atoms with van der Waals surface area (Å²) in [7, 11) is 0. The van der Waals surface area contributed by atoms with Gasteiger partial charge in [-0.15, -0.1) is 0 Å². The third-order valence-corrected chi connectivity index (χ3v) is 7.54. The zero-order chi connectivity index (χ0) is 25.8. The van der Waals surface area contributed by atoms with Gasteiger partial charge in [-0.05, 0) is 71.8 Å². The van der Waals surface area contributed by atoms with Crippen molar-refractivity contribution in [3.8, 4) is 28.3 Å². The van der Waals surface area contributed by atoms with Crippen LogP contribution < -0.4 is 9.64 Å². The van der Waals surface area contributed by atoms with Crippen LogP contribution in [0.4, 0.5) is 17.1 Å². The summed E-state index contributed by atoms with van der Waals surface area (Å²) >= 11 is 0. The van der Waals surface area contributed by atoms with Crippen LogP contribution in [0.25, 0.3) is 38.6 Å². The lowest BCUT2D eigenvalue weighted by Crippen LogP contribution is -2.10. The van der Waals surface area contributed by atoms with Crippen molar-refractivity contribution in [2.75, 3.05) is 4.90 Å². The Morgan fingerprint density at radius 1 is 0.462 bits per heavy atom. The lowest BCUT2D eigenvalue weighted by atomic mass is 10.0. The molecule has 0 radical (unpaired) electrons. The van der Waals surface area contributed by atoms with Crippen LogP contribution in [0.1, 0.15) is 0 Å². The highest BCUT2D eigenvalue weighted by Crippen LogP contribution is 2.46. The number of nitrogens with zero attached hydrogens (tertiary/aromatic N) is 2. The first kappa shape index (κ1) is 21.8. The summed E-state index contributed by atoms with van der Waals surface area (Å²) in [6.45, 7) is 0. The van der Waals surface area contributed by atoms with Gasteiger partial charge in [-0.2, -0.15) is 0 Å². The second kappa shape index (κ2) is 8.64. The first-order chi connectivity index (χ1) is 19.3. The Labute approximate surface area is 226 Å². The van der Waals surface area contributed by atoms with Crippen molar-refractivity contribution in [3.05, 3.63) is 146 Å². The average molecular weight is 501 g/mol. The fourth-order valence-electron chi connectivity index (χ4n) is 5.82. The summed E-state index contributed by atoms with van der Waals surface area (Å²) in [6, 6.07) is 51.3. The minimum Gasteiger partial charge on any atom is -0.453 e. The third-order valence-electron chi connectivity index (χ3n) is 7.54. The predicted octanol–water partition coefficient (Wildman–Crippen LogP) is 10.0. The molecule has 2 heterocycles. The Balaban J connectivity index is 1.36. The first-order valence-electron chi connectivity index (χ1n) is 13.2. The van der Waals surface area contributed by atoms with Crippen LogP contribution in [-0.4, -0.2) is 4.57 Å². The number of rotatable bonds is 4. The third kappa shape index (κ3) is 3.44. The lowest BCUT2D eigenvalue weighted by molar-refractivity contribution is 0.476. The molecule has 0 spiro atoms. The summed E-state index contributed by atoms with van der Waals surface area (Å²) in [4.78, 5) is 2.34. The fourth-order valence-corrected chi connectivity index (χ4v) is 5.82. The molecule has 0 saturated carbocycles. The summed E-state index contributed by atoms with van der Waals surface area (Å²) in [5, 5.41) is 2.38. The van der Waals surface area contributed by atoms with Gasteiger partial charge in [0.2, 0.25) is 0 Å². The summed E-state index contributed by atoms with van der Waals surface area (Å²) in [5.41, 5.74) is 9.08. The SMILES string of the molecule is c1ccc(-c2cccc(N(c3ccccc3)c3ccc4c(c3)c3cccc5c3n4-c3ccccc3O5)c2)cc1. The molecular weight excluding hydrogens is 476 g/mol. The topological polar surface area (TPSA) is 17.4 Å². The molecule has 39 heavy (non-hydrogen) atoms. The number of benzene rings is 6. The molecular formula is C36H24N2O. The van der Waals surface area contributed by atoms with Crippen LogP contribution in [0.3, 0.4) is 0 Å². The van der Waals surface area contributed by atoms with Gasteiger partial charge in [0.15, 0.2) is 11.5 Å². The smallest absolute Gasteiger partial charge is 0.152 e. The number of anilines is 3. The van der Waals surface area contributed by atoms with E-state index in [1.807, 2.05) is 12.1 Å². The van der Waals surface area contributed by atoms with Crippen molar-refractivity contribution in [2.24, 2.45) is 0 Å². The summed E-state index contributed by atoms with van der Waals surface area (Å²) < 4.78 is 8.66. The summed E-state index contributed by atoms with van der Waals surface area (Å²) in [5.74, 6) is 1.77. The molecule has 1 aliphatic rings. The van der Waals surface area contributed by atoms with Crippen LogP contribution in [-0.2, 0) is 0 Å². The molecule has 0 bridgehead atoms. The van der Waals surface area contributed by atoms with Gasteiger partial charge in [0, 0.05) is 27.8 Å².